The second kappa shape index (κ2) is 6.19. The molecule has 0 aliphatic heterocycles. The molecule has 23 heavy (non-hydrogen) atoms. The Morgan fingerprint density at radius 3 is 2.48 bits per heavy atom. The summed E-state index contributed by atoms with van der Waals surface area (Å²) in [6.45, 7) is 3.54. The number of hydrogen-bond donors (Lipinski definition) is 2. The van der Waals surface area contributed by atoms with Gasteiger partial charge in [0.15, 0.2) is 0 Å². The van der Waals surface area contributed by atoms with Gasteiger partial charge < -0.3 is 20.3 Å². The monoisotopic (exact) mass is 329 g/mol. The van der Waals surface area contributed by atoms with Crippen LogP contribution < -0.4 is 15.2 Å². The topological polar surface area (TPSA) is 90.5 Å². The summed E-state index contributed by atoms with van der Waals surface area (Å²) >= 11 is 0. The average molecular weight is 329 g/mol. The molecule has 0 saturated carbocycles. The van der Waals surface area contributed by atoms with Crippen molar-refractivity contribution in [3.8, 4) is 28.6 Å². The van der Waals surface area contributed by atoms with Gasteiger partial charge in [-0.25, -0.2) is 4.98 Å². The number of benzene rings is 1. The number of nitrogen functional groups attached to an aromatic ring is 1. The van der Waals surface area contributed by atoms with Gasteiger partial charge in [0, 0.05) is 11.6 Å². The van der Waals surface area contributed by atoms with Crippen molar-refractivity contribution in [2.24, 2.45) is 0 Å². The van der Waals surface area contributed by atoms with Gasteiger partial charge in [0.05, 0.1) is 11.8 Å². The number of alkyl halides is 3. The Morgan fingerprint density at radius 2 is 1.87 bits per heavy atom. The lowest BCUT2D eigenvalue weighted by molar-refractivity contribution is -0.274. The first-order chi connectivity index (χ1) is 10.6. The molecule has 1 heterocycles. The molecule has 1 aromatic carbocycles. The number of phenols is 1. The van der Waals surface area contributed by atoms with Crippen LogP contribution in [0.4, 0.5) is 19.1 Å². The minimum Gasteiger partial charge on any atom is -0.507 e. The van der Waals surface area contributed by atoms with E-state index < -0.39 is 12.1 Å². The van der Waals surface area contributed by atoms with Gasteiger partial charge in [-0.2, -0.15) is 4.98 Å². The molecule has 6 nitrogen and oxygen atoms in total. The van der Waals surface area contributed by atoms with Gasteiger partial charge in [0.1, 0.15) is 11.5 Å². The van der Waals surface area contributed by atoms with Crippen molar-refractivity contribution in [3.05, 3.63) is 24.3 Å². The number of phenolic OH excluding ortho intramolecular Hbond substituents is 1. The van der Waals surface area contributed by atoms with Crippen molar-refractivity contribution in [2.75, 3.05) is 5.73 Å². The Hall–Kier alpha value is -2.71. The molecule has 0 amide bonds. The fourth-order valence-electron chi connectivity index (χ4n) is 1.80. The fourth-order valence-corrected chi connectivity index (χ4v) is 1.80. The number of nitrogens with two attached hydrogens (primary N) is 1. The molecule has 0 atom stereocenters. The minimum absolute atomic E-state index is 0.00876. The van der Waals surface area contributed by atoms with E-state index in [4.69, 9.17) is 10.5 Å². The molecule has 0 saturated heterocycles. The summed E-state index contributed by atoms with van der Waals surface area (Å²) in [6, 6.07) is 4.42. The number of nitrogens with zero attached hydrogens (tertiary/aromatic N) is 2. The molecule has 0 unspecified atom stereocenters. The molecule has 9 heteroatoms. The predicted octanol–water partition coefficient (Wildman–Crippen LogP) is 3.12. The summed E-state index contributed by atoms with van der Waals surface area (Å²) in [5.41, 5.74) is 5.69. The maximum atomic E-state index is 12.3. The maximum Gasteiger partial charge on any atom is 0.573 e. The van der Waals surface area contributed by atoms with Crippen LogP contribution in [0.15, 0.2) is 24.3 Å². The number of anilines is 1. The third-order valence-corrected chi connectivity index (χ3v) is 2.55. The summed E-state index contributed by atoms with van der Waals surface area (Å²) in [5, 5.41) is 9.87. The zero-order chi connectivity index (χ0) is 17.2. The second-order valence-electron chi connectivity index (χ2n) is 4.84. The summed E-state index contributed by atoms with van der Waals surface area (Å²) in [7, 11) is 0. The number of ether oxygens (including phenoxy) is 2. The van der Waals surface area contributed by atoms with Crippen molar-refractivity contribution >= 4 is 5.95 Å². The van der Waals surface area contributed by atoms with Crippen LogP contribution in [0.2, 0.25) is 0 Å². The van der Waals surface area contributed by atoms with Gasteiger partial charge >= 0.3 is 6.36 Å². The maximum absolute atomic E-state index is 12.3. The Labute approximate surface area is 129 Å². The molecule has 0 aliphatic carbocycles. The van der Waals surface area contributed by atoms with Gasteiger partial charge in [-0.05, 0) is 32.0 Å². The largest absolute Gasteiger partial charge is 0.573 e. The Bertz CT molecular complexity index is 705. The van der Waals surface area contributed by atoms with Gasteiger partial charge in [0.25, 0.3) is 0 Å². The van der Waals surface area contributed by atoms with Crippen molar-refractivity contribution < 1.29 is 27.8 Å². The van der Waals surface area contributed by atoms with Gasteiger partial charge in [-0.3, -0.25) is 0 Å². The first kappa shape index (κ1) is 16.7. The van der Waals surface area contributed by atoms with E-state index in [2.05, 4.69) is 14.7 Å². The lowest BCUT2D eigenvalue weighted by Gasteiger charge is -2.13. The highest BCUT2D eigenvalue weighted by Crippen LogP contribution is 2.35. The zero-order valence-electron chi connectivity index (χ0n) is 12.3. The van der Waals surface area contributed by atoms with E-state index in [-0.39, 0.29) is 34.9 Å². The number of halogens is 3. The summed E-state index contributed by atoms with van der Waals surface area (Å²) < 4.78 is 46.1. The van der Waals surface area contributed by atoms with Crippen LogP contribution in [0, 0.1) is 0 Å². The molecule has 124 valence electrons. The summed E-state index contributed by atoms with van der Waals surface area (Å²) in [6.07, 6.45) is -5.03. The smallest absolute Gasteiger partial charge is 0.507 e. The van der Waals surface area contributed by atoms with Gasteiger partial charge in [0.2, 0.25) is 11.8 Å². The number of aromatic nitrogens is 2. The second-order valence-corrected chi connectivity index (χ2v) is 4.84. The quantitative estimate of drug-likeness (QED) is 0.895. The molecule has 0 aliphatic rings. The molecule has 0 radical (unpaired) electrons. The van der Waals surface area contributed by atoms with Crippen LogP contribution in [0.5, 0.6) is 17.4 Å². The highest BCUT2D eigenvalue weighted by Gasteiger charge is 2.31. The molecular weight excluding hydrogens is 315 g/mol. The van der Waals surface area contributed by atoms with E-state index in [1.807, 2.05) is 0 Å². The summed E-state index contributed by atoms with van der Waals surface area (Å²) in [4.78, 5) is 7.76. The van der Waals surface area contributed by atoms with Gasteiger partial charge in [-0.15, -0.1) is 13.2 Å². The standard InChI is InChI=1S/C14H14F3N3O3/c1-7(2)22-12-6-10(19-13(18)20-12)9-5-8(3-4-11(9)21)23-14(15,16)17/h3-7,21H,1-2H3,(H2,18,19,20). The fraction of sp³-hybridized carbons (Fsp3) is 0.286. The molecule has 2 aromatic rings. The van der Waals surface area contributed by atoms with Crippen LogP contribution in [0.25, 0.3) is 11.3 Å². The van der Waals surface area contributed by atoms with E-state index in [0.717, 1.165) is 18.2 Å². The van der Waals surface area contributed by atoms with E-state index >= 15 is 0 Å². The molecule has 1 aromatic heterocycles. The Balaban J connectivity index is 2.44. The highest BCUT2D eigenvalue weighted by atomic mass is 19.4. The van der Waals surface area contributed by atoms with E-state index in [0.29, 0.717) is 0 Å². The number of hydrogen-bond acceptors (Lipinski definition) is 6. The van der Waals surface area contributed by atoms with E-state index in [1.165, 1.54) is 6.07 Å². The third kappa shape index (κ3) is 4.63. The zero-order valence-corrected chi connectivity index (χ0v) is 12.3. The van der Waals surface area contributed by atoms with Crippen LogP contribution >= 0.6 is 0 Å². The van der Waals surface area contributed by atoms with Crippen molar-refractivity contribution in [3.63, 3.8) is 0 Å². The van der Waals surface area contributed by atoms with Crippen LogP contribution in [-0.4, -0.2) is 27.5 Å². The molecule has 0 bridgehead atoms. The molecular formula is C14H14F3N3O3. The molecule has 3 N–H and O–H groups in total. The van der Waals surface area contributed by atoms with Gasteiger partial charge in [-0.1, -0.05) is 0 Å². The van der Waals surface area contributed by atoms with E-state index in [1.54, 1.807) is 13.8 Å². The molecule has 0 spiro atoms. The van der Waals surface area contributed by atoms with Crippen molar-refractivity contribution in [2.45, 2.75) is 26.3 Å². The van der Waals surface area contributed by atoms with Crippen molar-refractivity contribution in [1.82, 2.24) is 9.97 Å². The SMILES string of the molecule is CC(C)Oc1cc(-c2cc(OC(F)(F)F)ccc2O)nc(N)n1. The van der Waals surface area contributed by atoms with E-state index in [9.17, 15) is 18.3 Å². The summed E-state index contributed by atoms with van der Waals surface area (Å²) in [5.74, 6) is -0.773. The van der Waals surface area contributed by atoms with Crippen LogP contribution in [0.3, 0.4) is 0 Å². The normalized spacial score (nSPS) is 11.6. The molecule has 0 fully saturated rings. The highest BCUT2D eigenvalue weighted by molar-refractivity contribution is 5.70. The first-order valence-electron chi connectivity index (χ1n) is 6.54. The predicted molar refractivity (Wildman–Crippen MR) is 76.0 cm³/mol. The lowest BCUT2D eigenvalue weighted by Crippen LogP contribution is -2.17. The number of aromatic hydroxyl groups is 1. The average Bonchev–Trinajstić information content (AvgIpc) is 2.37. The Kier molecular flexibility index (Phi) is 4.48. The lowest BCUT2D eigenvalue weighted by atomic mass is 10.1. The number of rotatable bonds is 4. The minimum atomic E-state index is -4.84. The van der Waals surface area contributed by atoms with Crippen molar-refractivity contribution in [1.29, 1.82) is 0 Å². The third-order valence-electron chi connectivity index (χ3n) is 2.55. The molecule has 2 rings (SSSR count). The van der Waals surface area contributed by atoms with Crippen LogP contribution in [0.1, 0.15) is 13.8 Å². The Morgan fingerprint density at radius 1 is 1.17 bits per heavy atom. The van der Waals surface area contributed by atoms with Crippen LogP contribution in [-0.2, 0) is 0 Å². The first-order valence-corrected chi connectivity index (χ1v) is 6.54.